The maximum atomic E-state index is 12.1. The van der Waals surface area contributed by atoms with Crippen LogP contribution in [-0.4, -0.2) is 28.2 Å². The SMILES string of the molecule is O=C(ON(c1cnccn1)C1CC1)C(F)(F)F. The lowest BCUT2D eigenvalue weighted by Gasteiger charge is -2.21. The molecule has 1 saturated carbocycles. The molecule has 8 heteroatoms. The average Bonchev–Trinajstić information content (AvgIpc) is 3.09. The van der Waals surface area contributed by atoms with Crippen LogP contribution >= 0.6 is 0 Å². The van der Waals surface area contributed by atoms with E-state index < -0.39 is 12.1 Å². The van der Waals surface area contributed by atoms with Crippen LogP contribution in [0.15, 0.2) is 18.6 Å². The number of hydroxylamine groups is 1. The second-order valence-corrected chi connectivity index (χ2v) is 3.50. The molecule has 1 aliphatic rings. The zero-order chi connectivity index (χ0) is 12.5. The molecule has 0 radical (unpaired) electrons. The highest BCUT2D eigenvalue weighted by Gasteiger charge is 2.45. The Labute approximate surface area is 94.2 Å². The van der Waals surface area contributed by atoms with Crippen molar-refractivity contribution in [3.05, 3.63) is 18.6 Å². The molecule has 2 rings (SSSR count). The Hall–Kier alpha value is -1.86. The van der Waals surface area contributed by atoms with E-state index >= 15 is 0 Å². The Kier molecular flexibility index (Phi) is 2.86. The molecule has 0 amide bonds. The highest BCUT2D eigenvalue weighted by atomic mass is 19.4. The van der Waals surface area contributed by atoms with E-state index in [1.165, 1.54) is 18.6 Å². The fraction of sp³-hybridized carbons (Fsp3) is 0.444. The molecule has 0 aliphatic heterocycles. The van der Waals surface area contributed by atoms with E-state index in [0.717, 1.165) is 5.06 Å². The van der Waals surface area contributed by atoms with Gasteiger partial charge in [-0.15, -0.1) is 0 Å². The van der Waals surface area contributed by atoms with Gasteiger partial charge in [-0.25, -0.2) is 9.78 Å². The van der Waals surface area contributed by atoms with E-state index in [4.69, 9.17) is 0 Å². The Bertz CT molecular complexity index is 406. The van der Waals surface area contributed by atoms with E-state index in [2.05, 4.69) is 14.8 Å². The van der Waals surface area contributed by atoms with E-state index in [0.29, 0.717) is 12.8 Å². The molecule has 0 unspecified atom stereocenters. The molecular formula is C9H8F3N3O2. The fourth-order valence-electron chi connectivity index (χ4n) is 1.16. The van der Waals surface area contributed by atoms with Crippen LogP contribution in [0.1, 0.15) is 12.8 Å². The number of carbonyl (C=O) groups is 1. The third kappa shape index (κ3) is 2.83. The predicted molar refractivity (Wildman–Crippen MR) is 49.7 cm³/mol. The Morgan fingerprint density at radius 2 is 2.12 bits per heavy atom. The standard InChI is InChI=1S/C9H8F3N3O2/c10-9(11,12)8(16)17-15(6-1-2-6)7-5-13-3-4-14-7/h3-6H,1-2H2. The van der Waals surface area contributed by atoms with Gasteiger partial charge in [0.1, 0.15) is 0 Å². The number of nitrogens with zero attached hydrogens (tertiary/aromatic N) is 3. The van der Waals surface area contributed by atoms with Crippen molar-refractivity contribution in [3.8, 4) is 0 Å². The first-order valence-electron chi connectivity index (χ1n) is 4.83. The second kappa shape index (κ2) is 4.19. The zero-order valence-electron chi connectivity index (χ0n) is 8.52. The molecule has 0 saturated heterocycles. The summed E-state index contributed by atoms with van der Waals surface area (Å²) >= 11 is 0. The molecule has 0 spiro atoms. The monoisotopic (exact) mass is 247 g/mol. The maximum Gasteiger partial charge on any atom is 0.493 e. The van der Waals surface area contributed by atoms with Gasteiger partial charge in [0.15, 0.2) is 5.82 Å². The summed E-state index contributed by atoms with van der Waals surface area (Å²) in [5.41, 5.74) is 0. The molecule has 0 aromatic carbocycles. The number of anilines is 1. The maximum absolute atomic E-state index is 12.1. The van der Waals surface area contributed by atoms with Gasteiger partial charge in [0.05, 0.1) is 12.2 Å². The van der Waals surface area contributed by atoms with Crippen LogP contribution in [0.25, 0.3) is 0 Å². The van der Waals surface area contributed by atoms with Gasteiger partial charge >= 0.3 is 12.1 Å². The molecule has 5 nitrogen and oxygen atoms in total. The van der Waals surface area contributed by atoms with Crippen LogP contribution in [0.4, 0.5) is 19.0 Å². The van der Waals surface area contributed by atoms with E-state index in [9.17, 15) is 18.0 Å². The quantitative estimate of drug-likeness (QED) is 0.757. The lowest BCUT2D eigenvalue weighted by atomic mass is 10.6. The molecule has 1 aromatic heterocycles. The van der Waals surface area contributed by atoms with Crippen LogP contribution in [-0.2, 0) is 9.63 Å². The van der Waals surface area contributed by atoms with Crippen molar-refractivity contribution in [2.75, 3.05) is 5.06 Å². The number of rotatable bonds is 3. The number of halogens is 3. The fourth-order valence-corrected chi connectivity index (χ4v) is 1.16. The summed E-state index contributed by atoms with van der Waals surface area (Å²) in [6, 6.07) is -0.252. The second-order valence-electron chi connectivity index (χ2n) is 3.50. The smallest absolute Gasteiger partial charge is 0.330 e. The Morgan fingerprint density at radius 1 is 1.41 bits per heavy atom. The molecule has 1 fully saturated rings. The first-order valence-corrected chi connectivity index (χ1v) is 4.83. The summed E-state index contributed by atoms with van der Waals surface area (Å²) in [4.78, 5) is 22.5. The normalized spacial score (nSPS) is 15.5. The summed E-state index contributed by atoms with van der Waals surface area (Å²) in [7, 11) is 0. The molecular weight excluding hydrogens is 239 g/mol. The summed E-state index contributed by atoms with van der Waals surface area (Å²) in [5, 5.41) is 0.864. The van der Waals surface area contributed by atoms with Gasteiger partial charge in [-0.05, 0) is 12.8 Å². The third-order valence-electron chi connectivity index (χ3n) is 2.07. The van der Waals surface area contributed by atoms with Crippen LogP contribution in [0.5, 0.6) is 0 Å². The largest absolute Gasteiger partial charge is 0.493 e. The summed E-state index contributed by atoms with van der Waals surface area (Å²) < 4.78 is 36.2. The van der Waals surface area contributed by atoms with Gasteiger partial charge in [-0.2, -0.15) is 18.2 Å². The minimum Gasteiger partial charge on any atom is -0.330 e. The van der Waals surface area contributed by atoms with Gasteiger partial charge in [0.2, 0.25) is 0 Å². The molecule has 17 heavy (non-hydrogen) atoms. The minimum absolute atomic E-state index is 0.0904. The number of carbonyl (C=O) groups excluding carboxylic acids is 1. The topological polar surface area (TPSA) is 55.3 Å². The third-order valence-corrected chi connectivity index (χ3v) is 2.07. The van der Waals surface area contributed by atoms with Crippen molar-refractivity contribution in [2.45, 2.75) is 25.1 Å². The van der Waals surface area contributed by atoms with Gasteiger partial charge in [-0.3, -0.25) is 4.98 Å². The van der Waals surface area contributed by atoms with Crippen LogP contribution < -0.4 is 5.06 Å². The van der Waals surface area contributed by atoms with Crippen molar-refractivity contribution >= 4 is 11.8 Å². The molecule has 0 N–H and O–H groups in total. The van der Waals surface area contributed by atoms with Crippen LogP contribution in [0.3, 0.4) is 0 Å². The van der Waals surface area contributed by atoms with Gasteiger partial charge < -0.3 is 4.84 Å². The van der Waals surface area contributed by atoms with Crippen molar-refractivity contribution in [3.63, 3.8) is 0 Å². The summed E-state index contributed by atoms with van der Waals surface area (Å²) in [5.74, 6) is -2.16. The molecule has 0 bridgehead atoms. The summed E-state index contributed by atoms with van der Waals surface area (Å²) in [6.45, 7) is 0. The molecule has 1 heterocycles. The highest BCUT2D eigenvalue weighted by molar-refractivity contribution is 5.76. The van der Waals surface area contributed by atoms with Crippen molar-refractivity contribution in [1.29, 1.82) is 0 Å². The van der Waals surface area contributed by atoms with Gasteiger partial charge in [0, 0.05) is 12.4 Å². The van der Waals surface area contributed by atoms with Crippen molar-refractivity contribution in [1.82, 2.24) is 9.97 Å². The van der Waals surface area contributed by atoms with E-state index in [1.54, 1.807) is 0 Å². The number of hydrogen-bond donors (Lipinski definition) is 0. The molecule has 92 valence electrons. The lowest BCUT2D eigenvalue weighted by molar-refractivity contribution is -0.201. The van der Waals surface area contributed by atoms with Crippen LogP contribution in [0, 0.1) is 0 Å². The van der Waals surface area contributed by atoms with Crippen molar-refractivity contribution < 1.29 is 22.8 Å². The van der Waals surface area contributed by atoms with Crippen molar-refractivity contribution in [2.24, 2.45) is 0 Å². The lowest BCUT2D eigenvalue weighted by Crippen LogP contribution is -2.36. The highest BCUT2D eigenvalue weighted by Crippen LogP contribution is 2.31. The average molecular weight is 247 g/mol. The van der Waals surface area contributed by atoms with Gasteiger partial charge in [-0.1, -0.05) is 0 Å². The Morgan fingerprint density at radius 3 is 2.59 bits per heavy atom. The first kappa shape index (κ1) is 11.6. The Balaban J connectivity index is 2.12. The number of aromatic nitrogens is 2. The zero-order valence-corrected chi connectivity index (χ0v) is 8.52. The molecule has 0 atom stereocenters. The molecule has 1 aromatic rings. The number of hydrogen-bond acceptors (Lipinski definition) is 5. The first-order chi connectivity index (χ1) is 7.98. The van der Waals surface area contributed by atoms with Crippen LogP contribution in [0.2, 0.25) is 0 Å². The van der Waals surface area contributed by atoms with E-state index in [-0.39, 0.29) is 11.9 Å². The minimum atomic E-state index is -5.02. The summed E-state index contributed by atoms with van der Waals surface area (Å²) in [6.07, 6.45) is 0.215. The van der Waals surface area contributed by atoms with E-state index in [1.807, 2.05) is 0 Å². The van der Waals surface area contributed by atoms with Gasteiger partial charge in [0.25, 0.3) is 0 Å². The molecule has 1 aliphatic carbocycles. The number of alkyl halides is 3. The predicted octanol–water partition coefficient (Wildman–Crippen LogP) is 1.47.